The Morgan fingerprint density at radius 3 is 2.87 bits per heavy atom. The van der Waals surface area contributed by atoms with E-state index in [1.165, 1.54) is 22.5 Å². The molecule has 1 saturated heterocycles. The van der Waals surface area contributed by atoms with Crippen molar-refractivity contribution in [2.45, 2.75) is 44.8 Å². The first-order valence-corrected chi connectivity index (χ1v) is 9.72. The van der Waals surface area contributed by atoms with Crippen molar-refractivity contribution >= 4 is 35.6 Å². The van der Waals surface area contributed by atoms with Gasteiger partial charge in [0.05, 0.1) is 24.3 Å². The van der Waals surface area contributed by atoms with E-state index in [1.807, 2.05) is 0 Å². The predicted molar refractivity (Wildman–Crippen MR) is 111 cm³/mol. The van der Waals surface area contributed by atoms with E-state index in [4.69, 9.17) is 18.1 Å². The molecule has 2 aromatic rings. The van der Waals surface area contributed by atoms with Gasteiger partial charge in [0.1, 0.15) is 11.6 Å². The van der Waals surface area contributed by atoms with Crippen molar-refractivity contribution in [2.75, 3.05) is 0 Å². The van der Waals surface area contributed by atoms with E-state index in [0.29, 0.717) is 41.2 Å². The minimum atomic E-state index is -0.619. The van der Waals surface area contributed by atoms with Gasteiger partial charge in [-0.15, -0.1) is 17.5 Å². The minimum absolute atomic E-state index is 0. The monoisotopic (exact) mass is 457 g/mol. The average Bonchev–Trinajstić information content (AvgIpc) is 3.28. The zero-order chi connectivity index (χ0) is 20.7. The number of hydrogen-bond donors (Lipinski definition) is 3. The van der Waals surface area contributed by atoms with Crippen LogP contribution in [0.15, 0.2) is 24.7 Å². The van der Waals surface area contributed by atoms with Crippen molar-refractivity contribution in [2.24, 2.45) is 5.84 Å². The second-order valence-corrected chi connectivity index (χ2v) is 7.43. The van der Waals surface area contributed by atoms with Crippen LogP contribution in [0.5, 0.6) is 0 Å². The molecular weight excluding hydrogens is 436 g/mol. The highest BCUT2D eigenvalue weighted by molar-refractivity contribution is 7.80. The Hall–Kier alpha value is -2.34. The summed E-state index contributed by atoms with van der Waals surface area (Å²) in [7, 11) is 0. The summed E-state index contributed by atoms with van der Waals surface area (Å²) >= 11 is 5.62. The molecule has 0 radical (unpaired) electrons. The summed E-state index contributed by atoms with van der Waals surface area (Å²) in [5, 5.41) is 4.94. The number of H-pyrrole nitrogens is 1. The van der Waals surface area contributed by atoms with Crippen molar-refractivity contribution in [1.29, 1.82) is 0 Å². The number of hydrazine groups is 3. The van der Waals surface area contributed by atoms with E-state index >= 15 is 0 Å². The summed E-state index contributed by atoms with van der Waals surface area (Å²) in [5.41, 5.74) is 4.54. The highest BCUT2D eigenvalue weighted by Crippen LogP contribution is 2.35. The second-order valence-electron chi connectivity index (χ2n) is 7.07. The maximum Gasteiger partial charge on any atom is 0.238 e. The van der Waals surface area contributed by atoms with Gasteiger partial charge >= 0.3 is 0 Å². The van der Waals surface area contributed by atoms with E-state index in [9.17, 15) is 13.6 Å². The highest BCUT2D eigenvalue weighted by atomic mass is 35.5. The zero-order valence-corrected chi connectivity index (χ0v) is 17.8. The molecule has 0 saturated carbocycles. The summed E-state index contributed by atoms with van der Waals surface area (Å²) in [6.45, 7) is 1.73. The zero-order valence-electron chi connectivity index (χ0n) is 16.1. The van der Waals surface area contributed by atoms with Crippen molar-refractivity contribution in [3.63, 3.8) is 0 Å². The molecule has 2 aliphatic rings. The van der Waals surface area contributed by atoms with Gasteiger partial charge in [0.25, 0.3) is 0 Å². The van der Waals surface area contributed by atoms with Crippen LogP contribution in [0.2, 0.25) is 0 Å². The van der Waals surface area contributed by atoms with Gasteiger partial charge in [0.15, 0.2) is 6.17 Å². The number of fused-ring (bicyclic) bond motifs is 1. The van der Waals surface area contributed by atoms with Crippen LogP contribution in [0, 0.1) is 11.6 Å². The maximum atomic E-state index is 14.1. The SMILES string of the molecule is CCC(=O)NN1C(=S)N([C@H]2CCc3c(F)cc(F)cc3C2)N(N)C1c1cnc[nH]1.Cl. The van der Waals surface area contributed by atoms with Crippen LogP contribution in [-0.4, -0.2) is 42.2 Å². The molecule has 30 heavy (non-hydrogen) atoms. The van der Waals surface area contributed by atoms with Gasteiger partial charge < -0.3 is 4.98 Å². The molecule has 4 N–H and O–H groups in total. The summed E-state index contributed by atoms with van der Waals surface area (Å²) in [5.74, 6) is 5.05. The first kappa shape index (κ1) is 22.3. The number of rotatable bonds is 4. The lowest BCUT2D eigenvalue weighted by Crippen LogP contribution is -2.52. The first-order valence-electron chi connectivity index (χ1n) is 9.31. The Labute approximate surface area is 183 Å². The quantitative estimate of drug-likeness (QED) is 0.478. The molecule has 1 unspecified atom stereocenters. The third-order valence-electron chi connectivity index (χ3n) is 5.29. The Morgan fingerprint density at radius 2 is 2.20 bits per heavy atom. The lowest BCUT2D eigenvalue weighted by molar-refractivity contribution is -0.126. The number of amides is 1. The van der Waals surface area contributed by atoms with Crippen molar-refractivity contribution in [3.05, 3.63) is 53.1 Å². The van der Waals surface area contributed by atoms with Gasteiger partial charge in [-0.05, 0) is 48.7 Å². The third kappa shape index (κ3) is 3.85. The number of imidazole rings is 1. The summed E-state index contributed by atoms with van der Waals surface area (Å²) in [6, 6.07) is 2.05. The minimum Gasteiger partial charge on any atom is -0.345 e. The number of aromatic nitrogens is 2. The maximum absolute atomic E-state index is 14.1. The summed E-state index contributed by atoms with van der Waals surface area (Å²) in [6.07, 6.45) is 4.16. The molecule has 0 bridgehead atoms. The van der Waals surface area contributed by atoms with E-state index in [2.05, 4.69) is 15.4 Å². The molecule has 4 rings (SSSR count). The molecule has 8 nitrogen and oxygen atoms in total. The van der Waals surface area contributed by atoms with Crippen molar-refractivity contribution in [1.82, 2.24) is 30.5 Å². The Bertz CT molecular complexity index is 945. The molecule has 1 aliphatic carbocycles. The van der Waals surface area contributed by atoms with Crippen LogP contribution < -0.4 is 11.3 Å². The highest BCUT2D eigenvalue weighted by Gasteiger charge is 2.46. The molecule has 1 fully saturated rings. The number of hydrogen-bond acceptors (Lipinski definition) is 5. The number of carbonyl (C=O) groups is 1. The molecule has 1 aromatic carbocycles. The fraction of sp³-hybridized carbons (Fsp3) is 0.389. The predicted octanol–water partition coefficient (Wildman–Crippen LogP) is 2.10. The van der Waals surface area contributed by atoms with Crippen LogP contribution in [-0.2, 0) is 17.6 Å². The normalized spacial score (nSPS) is 21.4. The molecular formula is C18H22ClF2N7OS. The molecule has 12 heteroatoms. The van der Waals surface area contributed by atoms with Crippen LogP contribution in [0.3, 0.4) is 0 Å². The third-order valence-corrected chi connectivity index (χ3v) is 5.68. The molecule has 162 valence electrons. The molecule has 1 amide bonds. The fourth-order valence-corrected chi connectivity index (χ4v) is 4.29. The van der Waals surface area contributed by atoms with Gasteiger partial charge in [0.2, 0.25) is 11.0 Å². The van der Waals surface area contributed by atoms with Crippen molar-refractivity contribution < 1.29 is 13.6 Å². The van der Waals surface area contributed by atoms with Crippen LogP contribution in [0.1, 0.15) is 42.8 Å². The number of halogens is 3. The van der Waals surface area contributed by atoms with E-state index in [1.54, 1.807) is 18.1 Å². The van der Waals surface area contributed by atoms with Gasteiger partial charge in [-0.25, -0.2) is 24.6 Å². The van der Waals surface area contributed by atoms with Crippen LogP contribution in [0.25, 0.3) is 0 Å². The van der Waals surface area contributed by atoms with Gasteiger partial charge in [-0.3, -0.25) is 15.2 Å². The van der Waals surface area contributed by atoms with Crippen LogP contribution >= 0.6 is 24.6 Å². The molecule has 0 spiro atoms. The second kappa shape index (κ2) is 8.80. The molecule has 1 aromatic heterocycles. The van der Waals surface area contributed by atoms with Gasteiger partial charge in [-0.1, -0.05) is 6.92 Å². The topological polar surface area (TPSA) is 93.5 Å². The van der Waals surface area contributed by atoms with Crippen molar-refractivity contribution in [3.8, 4) is 0 Å². The van der Waals surface area contributed by atoms with Gasteiger partial charge in [-0.2, -0.15) is 0 Å². The van der Waals surface area contributed by atoms with Gasteiger partial charge in [0, 0.05) is 12.5 Å². The number of benzene rings is 1. The average molecular weight is 458 g/mol. The number of nitrogens with two attached hydrogens (primary N) is 1. The smallest absolute Gasteiger partial charge is 0.238 e. The summed E-state index contributed by atoms with van der Waals surface area (Å²) < 4.78 is 27.8. The van der Waals surface area contributed by atoms with E-state index in [0.717, 1.165) is 6.07 Å². The Balaban J connectivity index is 0.00000256. The number of nitrogens with one attached hydrogen (secondary N) is 2. The fourth-order valence-electron chi connectivity index (χ4n) is 3.90. The number of thiocarbonyl (C=S) groups is 1. The Kier molecular flexibility index (Phi) is 6.56. The van der Waals surface area contributed by atoms with Crippen LogP contribution in [0.4, 0.5) is 8.78 Å². The Morgan fingerprint density at radius 1 is 1.43 bits per heavy atom. The number of nitrogens with zero attached hydrogens (tertiary/aromatic N) is 4. The number of carbonyl (C=O) groups excluding carboxylic acids is 1. The lowest BCUT2D eigenvalue weighted by Gasteiger charge is -2.36. The molecule has 1 aliphatic heterocycles. The van der Waals surface area contributed by atoms with E-state index in [-0.39, 0.29) is 30.8 Å². The standard InChI is InChI=1S/C18H21F2N7OS.ClH/c1-2-16(28)24-25-17(15-8-22-9-23-15)27(21)26(18(25)29)12-3-4-13-10(6-12)5-11(19)7-14(13)20;/h5,7-9,12,17H,2-4,6,21H2,1H3,(H,22,23)(H,24,28);1H/t12-,17?;/m0./s1. The van der Waals surface area contributed by atoms with E-state index < -0.39 is 17.8 Å². The number of aromatic amines is 1. The summed E-state index contributed by atoms with van der Waals surface area (Å²) in [4.78, 5) is 19.1. The first-order chi connectivity index (χ1) is 13.9. The lowest BCUT2D eigenvalue weighted by atomic mass is 9.87. The largest absolute Gasteiger partial charge is 0.345 e. The molecule has 2 heterocycles. The molecule has 2 atom stereocenters.